The van der Waals surface area contributed by atoms with Crippen LogP contribution in [0.25, 0.3) is 0 Å². The smallest absolute Gasteiger partial charge is 0.194 e. The first-order valence-electron chi connectivity index (χ1n) is 5.37. The molecule has 0 spiro atoms. The molecule has 0 fully saturated rings. The molecule has 0 saturated carbocycles. The minimum Gasteiger partial charge on any atom is -0.398 e. The number of hydrogen-bond acceptors (Lipinski definition) is 3. The van der Waals surface area contributed by atoms with Gasteiger partial charge in [-0.15, -0.1) is 0 Å². The van der Waals surface area contributed by atoms with Crippen LogP contribution in [0.5, 0.6) is 0 Å². The molecule has 18 heavy (non-hydrogen) atoms. The van der Waals surface area contributed by atoms with E-state index in [-0.39, 0.29) is 11.6 Å². The molecule has 1 aliphatic carbocycles. The van der Waals surface area contributed by atoms with Crippen molar-refractivity contribution in [1.82, 2.24) is 0 Å². The van der Waals surface area contributed by atoms with Gasteiger partial charge in [-0.2, -0.15) is 0 Å². The molecule has 0 aliphatic heterocycles. The second kappa shape index (κ2) is 3.78. The Morgan fingerprint density at radius 1 is 0.833 bits per heavy atom. The standard InChI is InChI=1S/C14H8BrNO2/c15-11-5-9-10(6-12(11)16)14(18)8-4-2-1-3-7(8)13(9)17/h1-6H,16H2. The predicted octanol–water partition coefficient (Wildman–Crippen LogP) is 2.81. The number of halogens is 1. The molecule has 0 radical (unpaired) electrons. The van der Waals surface area contributed by atoms with Crippen molar-refractivity contribution in [1.29, 1.82) is 0 Å². The van der Waals surface area contributed by atoms with Crippen LogP contribution in [0, 0.1) is 0 Å². The molecule has 0 amide bonds. The van der Waals surface area contributed by atoms with Crippen molar-refractivity contribution >= 4 is 33.2 Å². The first-order valence-corrected chi connectivity index (χ1v) is 6.16. The molecule has 0 atom stereocenters. The maximum absolute atomic E-state index is 12.3. The number of nitrogens with two attached hydrogens (primary N) is 1. The molecule has 0 unspecified atom stereocenters. The Labute approximate surface area is 112 Å². The summed E-state index contributed by atoms with van der Waals surface area (Å²) < 4.78 is 0.627. The van der Waals surface area contributed by atoms with Gasteiger partial charge in [-0.05, 0) is 28.1 Å². The number of carbonyl (C=O) groups excluding carboxylic acids is 2. The third kappa shape index (κ3) is 1.42. The van der Waals surface area contributed by atoms with E-state index in [0.29, 0.717) is 32.4 Å². The molecule has 88 valence electrons. The van der Waals surface area contributed by atoms with Crippen LogP contribution in [0.2, 0.25) is 0 Å². The van der Waals surface area contributed by atoms with Crippen molar-refractivity contribution in [3.63, 3.8) is 0 Å². The highest BCUT2D eigenvalue weighted by Crippen LogP contribution is 2.32. The van der Waals surface area contributed by atoms with Crippen LogP contribution < -0.4 is 5.73 Å². The van der Waals surface area contributed by atoms with E-state index in [1.54, 1.807) is 36.4 Å². The quantitative estimate of drug-likeness (QED) is 0.650. The van der Waals surface area contributed by atoms with Gasteiger partial charge < -0.3 is 5.73 Å². The largest absolute Gasteiger partial charge is 0.398 e. The van der Waals surface area contributed by atoms with Crippen molar-refractivity contribution in [3.05, 3.63) is 63.1 Å². The molecule has 4 heteroatoms. The molecule has 2 N–H and O–H groups in total. The fraction of sp³-hybridized carbons (Fsp3) is 0. The molecule has 0 saturated heterocycles. The average molecular weight is 302 g/mol. The number of nitrogen functional groups attached to an aromatic ring is 1. The van der Waals surface area contributed by atoms with Crippen LogP contribution in [0.1, 0.15) is 31.8 Å². The number of carbonyl (C=O) groups is 2. The first kappa shape index (κ1) is 11.2. The van der Waals surface area contributed by atoms with Crippen molar-refractivity contribution in [2.24, 2.45) is 0 Å². The fourth-order valence-corrected chi connectivity index (χ4v) is 2.48. The average Bonchev–Trinajstić information content (AvgIpc) is 2.38. The molecule has 1 aliphatic rings. The lowest BCUT2D eigenvalue weighted by molar-refractivity contribution is 0.0979. The number of fused-ring (bicyclic) bond motifs is 2. The van der Waals surface area contributed by atoms with Gasteiger partial charge in [0.2, 0.25) is 0 Å². The summed E-state index contributed by atoms with van der Waals surface area (Å²) in [6, 6.07) is 9.99. The Balaban J connectivity index is 2.34. The summed E-state index contributed by atoms with van der Waals surface area (Å²) in [6.07, 6.45) is 0. The Morgan fingerprint density at radius 3 is 1.89 bits per heavy atom. The van der Waals surface area contributed by atoms with Gasteiger partial charge in [0.25, 0.3) is 0 Å². The highest BCUT2D eigenvalue weighted by molar-refractivity contribution is 9.10. The van der Waals surface area contributed by atoms with E-state index in [1.807, 2.05) is 0 Å². The molecule has 0 bridgehead atoms. The van der Waals surface area contributed by atoms with E-state index in [2.05, 4.69) is 15.9 Å². The molecular weight excluding hydrogens is 294 g/mol. The van der Waals surface area contributed by atoms with E-state index in [1.165, 1.54) is 0 Å². The number of benzene rings is 2. The van der Waals surface area contributed by atoms with Crippen LogP contribution in [0.15, 0.2) is 40.9 Å². The third-order valence-electron chi connectivity index (χ3n) is 3.04. The highest BCUT2D eigenvalue weighted by Gasteiger charge is 2.29. The summed E-state index contributed by atoms with van der Waals surface area (Å²) in [5.41, 5.74) is 7.88. The lowest BCUT2D eigenvalue weighted by Crippen LogP contribution is -2.21. The maximum Gasteiger partial charge on any atom is 0.194 e. The summed E-state index contributed by atoms with van der Waals surface area (Å²) >= 11 is 3.27. The Kier molecular flexibility index (Phi) is 2.35. The number of rotatable bonds is 0. The molecule has 3 nitrogen and oxygen atoms in total. The van der Waals surface area contributed by atoms with Gasteiger partial charge in [0.15, 0.2) is 11.6 Å². The number of anilines is 1. The van der Waals surface area contributed by atoms with Crippen molar-refractivity contribution < 1.29 is 9.59 Å². The van der Waals surface area contributed by atoms with E-state index < -0.39 is 0 Å². The van der Waals surface area contributed by atoms with E-state index in [4.69, 9.17) is 5.73 Å². The molecule has 2 aromatic carbocycles. The van der Waals surface area contributed by atoms with Crippen LogP contribution in [0.4, 0.5) is 5.69 Å². The van der Waals surface area contributed by atoms with Gasteiger partial charge in [-0.1, -0.05) is 24.3 Å². The van der Waals surface area contributed by atoms with E-state index in [0.717, 1.165) is 0 Å². The highest BCUT2D eigenvalue weighted by atomic mass is 79.9. The summed E-state index contributed by atoms with van der Waals surface area (Å²) in [5, 5.41) is 0. The minimum absolute atomic E-state index is 0.138. The summed E-state index contributed by atoms with van der Waals surface area (Å²) in [7, 11) is 0. The van der Waals surface area contributed by atoms with Gasteiger partial charge in [-0.25, -0.2) is 0 Å². The molecule has 0 heterocycles. The van der Waals surface area contributed by atoms with Crippen LogP contribution >= 0.6 is 15.9 Å². The van der Waals surface area contributed by atoms with Gasteiger partial charge in [-0.3, -0.25) is 9.59 Å². The zero-order chi connectivity index (χ0) is 12.9. The lowest BCUT2D eigenvalue weighted by atomic mass is 9.84. The molecule has 2 aromatic rings. The van der Waals surface area contributed by atoms with Crippen molar-refractivity contribution in [3.8, 4) is 0 Å². The summed E-state index contributed by atoms with van der Waals surface area (Å²) in [5.74, 6) is -0.291. The Bertz CT molecular complexity index is 647. The SMILES string of the molecule is Nc1cc2c(cc1Br)C(=O)c1ccccc1C2=O. The minimum atomic E-state index is -0.153. The Morgan fingerprint density at radius 2 is 1.33 bits per heavy atom. The van der Waals surface area contributed by atoms with Crippen LogP contribution in [0.3, 0.4) is 0 Å². The zero-order valence-electron chi connectivity index (χ0n) is 9.24. The molecule has 3 rings (SSSR count). The van der Waals surface area contributed by atoms with Crippen molar-refractivity contribution in [2.45, 2.75) is 0 Å². The predicted molar refractivity (Wildman–Crippen MR) is 71.9 cm³/mol. The molecular formula is C14H8BrNO2. The normalized spacial score (nSPS) is 13.2. The second-order valence-electron chi connectivity index (χ2n) is 4.12. The van der Waals surface area contributed by atoms with Crippen LogP contribution in [-0.2, 0) is 0 Å². The second-order valence-corrected chi connectivity index (χ2v) is 4.98. The first-order chi connectivity index (χ1) is 8.59. The van der Waals surface area contributed by atoms with E-state index >= 15 is 0 Å². The van der Waals surface area contributed by atoms with Crippen molar-refractivity contribution in [2.75, 3.05) is 5.73 Å². The molecule has 0 aromatic heterocycles. The maximum atomic E-state index is 12.3. The fourth-order valence-electron chi connectivity index (χ4n) is 2.14. The monoisotopic (exact) mass is 301 g/mol. The number of hydrogen-bond donors (Lipinski definition) is 1. The van der Waals surface area contributed by atoms with E-state index in [9.17, 15) is 9.59 Å². The topological polar surface area (TPSA) is 60.2 Å². The summed E-state index contributed by atoms with van der Waals surface area (Å²) in [4.78, 5) is 24.6. The number of ketones is 2. The van der Waals surface area contributed by atoms with Gasteiger partial charge in [0.05, 0.1) is 0 Å². The third-order valence-corrected chi connectivity index (χ3v) is 3.73. The lowest BCUT2D eigenvalue weighted by Gasteiger charge is -2.18. The van der Waals surface area contributed by atoms with Gasteiger partial charge >= 0.3 is 0 Å². The Hall–Kier alpha value is -1.94. The zero-order valence-corrected chi connectivity index (χ0v) is 10.8. The van der Waals surface area contributed by atoms with Gasteiger partial charge in [0, 0.05) is 32.4 Å². The summed E-state index contributed by atoms with van der Waals surface area (Å²) in [6.45, 7) is 0. The van der Waals surface area contributed by atoms with Crippen LogP contribution in [-0.4, -0.2) is 11.6 Å². The van der Waals surface area contributed by atoms with Gasteiger partial charge in [0.1, 0.15) is 0 Å².